The standard InChI is InChI=1S/C18H21FN4O2/c1-11-14(10-21-22(11)2)17(24)23-12-5-6-13(23)9-18(25,8-12)15-4-3-7-20-16(15)19/h3-4,7,10,12-13,25H,5-6,8-9H2,1-2H3. The molecule has 6 nitrogen and oxygen atoms in total. The van der Waals surface area contributed by atoms with Gasteiger partial charge in [0.05, 0.1) is 17.4 Å². The van der Waals surface area contributed by atoms with E-state index in [0.717, 1.165) is 18.5 Å². The fourth-order valence-electron chi connectivity index (χ4n) is 4.36. The van der Waals surface area contributed by atoms with Gasteiger partial charge in [-0.3, -0.25) is 9.48 Å². The van der Waals surface area contributed by atoms with Gasteiger partial charge in [0, 0.05) is 49.4 Å². The number of carbonyl (C=O) groups is 1. The van der Waals surface area contributed by atoms with E-state index in [1.54, 1.807) is 30.1 Å². The van der Waals surface area contributed by atoms with Crippen LogP contribution in [0.2, 0.25) is 0 Å². The van der Waals surface area contributed by atoms with Gasteiger partial charge in [0.25, 0.3) is 5.91 Å². The summed E-state index contributed by atoms with van der Waals surface area (Å²) in [5.74, 6) is -0.681. The molecule has 2 aromatic rings. The lowest BCUT2D eigenvalue weighted by Gasteiger charge is -2.44. The summed E-state index contributed by atoms with van der Waals surface area (Å²) < 4.78 is 15.8. The molecule has 4 heterocycles. The molecule has 0 aromatic carbocycles. The van der Waals surface area contributed by atoms with Gasteiger partial charge < -0.3 is 10.0 Å². The van der Waals surface area contributed by atoms with Crippen LogP contribution in [0, 0.1) is 12.9 Å². The molecular formula is C18H21FN4O2. The number of carbonyl (C=O) groups excluding carboxylic acids is 1. The van der Waals surface area contributed by atoms with Crippen molar-refractivity contribution in [3.05, 3.63) is 47.3 Å². The molecule has 2 saturated heterocycles. The molecule has 2 aliphatic heterocycles. The molecule has 4 rings (SSSR count). The maximum atomic E-state index is 14.1. The van der Waals surface area contributed by atoms with Crippen LogP contribution in [0.25, 0.3) is 0 Å². The lowest BCUT2D eigenvalue weighted by molar-refractivity contribution is -0.0504. The van der Waals surface area contributed by atoms with Gasteiger partial charge in [-0.05, 0) is 25.8 Å². The highest BCUT2D eigenvalue weighted by molar-refractivity contribution is 5.95. The molecule has 132 valence electrons. The monoisotopic (exact) mass is 344 g/mol. The lowest BCUT2D eigenvalue weighted by atomic mass is 9.80. The minimum absolute atomic E-state index is 0.0493. The fourth-order valence-corrected chi connectivity index (χ4v) is 4.36. The third-order valence-corrected chi connectivity index (χ3v) is 5.73. The molecular weight excluding hydrogens is 323 g/mol. The predicted molar refractivity (Wildman–Crippen MR) is 88.3 cm³/mol. The highest BCUT2D eigenvalue weighted by atomic mass is 19.1. The van der Waals surface area contributed by atoms with Crippen LogP contribution in [0.15, 0.2) is 24.5 Å². The number of nitrogens with zero attached hydrogens (tertiary/aromatic N) is 4. The summed E-state index contributed by atoms with van der Waals surface area (Å²) in [4.78, 5) is 18.5. The first-order valence-corrected chi connectivity index (χ1v) is 8.55. The minimum atomic E-state index is -1.27. The average Bonchev–Trinajstić information content (AvgIpc) is 3.05. The van der Waals surface area contributed by atoms with E-state index in [1.165, 1.54) is 6.20 Å². The van der Waals surface area contributed by atoms with E-state index < -0.39 is 11.5 Å². The minimum Gasteiger partial charge on any atom is -0.385 e. The summed E-state index contributed by atoms with van der Waals surface area (Å²) in [5, 5.41) is 15.3. The Bertz CT molecular complexity index is 820. The summed E-state index contributed by atoms with van der Waals surface area (Å²) in [6.07, 6.45) is 5.27. The van der Waals surface area contributed by atoms with Crippen LogP contribution in [0.3, 0.4) is 0 Å². The van der Waals surface area contributed by atoms with Crippen molar-refractivity contribution in [2.45, 2.75) is 50.3 Å². The number of hydrogen-bond acceptors (Lipinski definition) is 4. The number of amides is 1. The van der Waals surface area contributed by atoms with Crippen molar-refractivity contribution in [1.82, 2.24) is 19.7 Å². The largest absolute Gasteiger partial charge is 0.385 e. The number of aromatic nitrogens is 3. The molecule has 0 radical (unpaired) electrons. The molecule has 2 aromatic heterocycles. The van der Waals surface area contributed by atoms with E-state index >= 15 is 0 Å². The van der Waals surface area contributed by atoms with Gasteiger partial charge in [-0.1, -0.05) is 6.07 Å². The van der Waals surface area contributed by atoms with Crippen LogP contribution in [0.5, 0.6) is 0 Å². The van der Waals surface area contributed by atoms with E-state index in [4.69, 9.17) is 0 Å². The van der Waals surface area contributed by atoms with Crippen molar-refractivity contribution in [1.29, 1.82) is 0 Å². The summed E-state index contributed by atoms with van der Waals surface area (Å²) >= 11 is 0. The summed E-state index contributed by atoms with van der Waals surface area (Å²) in [5.41, 5.74) is 0.378. The summed E-state index contributed by atoms with van der Waals surface area (Å²) in [6.45, 7) is 1.87. The molecule has 1 N–H and O–H groups in total. The topological polar surface area (TPSA) is 71.2 Å². The number of hydrogen-bond donors (Lipinski definition) is 1. The second-order valence-electron chi connectivity index (χ2n) is 7.15. The smallest absolute Gasteiger partial charge is 0.257 e. The van der Waals surface area contributed by atoms with Gasteiger partial charge in [0.2, 0.25) is 5.95 Å². The maximum absolute atomic E-state index is 14.1. The zero-order valence-corrected chi connectivity index (χ0v) is 14.3. The second-order valence-corrected chi connectivity index (χ2v) is 7.15. The number of rotatable bonds is 2. The summed E-state index contributed by atoms with van der Waals surface area (Å²) in [7, 11) is 1.81. The molecule has 25 heavy (non-hydrogen) atoms. The molecule has 0 aliphatic carbocycles. The second kappa shape index (κ2) is 5.62. The number of halogens is 1. The molecule has 7 heteroatoms. The number of aryl methyl sites for hydroxylation is 1. The van der Waals surface area contributed by atoms with Crippen molar-refractivity contribution in [2.75, 3.05) is 0 Å². The Kier molecular flexibility index (Phi) is 3.64. The predicted octanol–water partition coefficient (Wildman–Crippen LogP) is 1.92. The molecule has 2 bridgehead atoms. The SMILES string of the molecule is Cc1c(C(=O)N2C3CCC2CC(O)(c2cccnc2F)C3)cnn1C. The first kappa shape index (κ1) is 16.2. The zero-order chi connectivity index (χ0) is 17.8. The normalized spacial score (nSPS) is 28.4. The Morgan fingerprint density at radius 3 is 2.60 bits per heavy atom. The number of pyridine rings is 1. The number of aliphatic hydroxyl groups is 1. The average molecular weight is 344 g/mol. The first-order chi connectivity index (χ1) is 11.9. The molecule has 2 fully saturated rings. The van der Waals surface area contributed by atoms with Gasteiger partial charge in [0.1, 0.15) is 0 Å². The third-order valence-electron chi connectivity index (χ3n) is 5.73. The van der Waals surface area contributed by atoms with Crippen molar-refractivity contribution >= 4 is 5.91 Å². The molecule has 2 aliphatic rings. The van der Waals surface area contributed by atoms with Crippen LogP contribution >= 0.6 is 0 Å². The van der Waals surface area contributed by atoms with Gasteiger partial charge in [-0.2, -0.15) is 9.49 Å². The van der Waals surface area contributed by atoms with E-state index in [-0.39, 0.29) is 23.6 Å². The summed E-state index contributed by atoms with van der Waals surface area (Å²) in [6, 6.07) is 3.02. The van der Waals surface area contributed by atoms with Gasteiger partial charge in [-0.15, -0.1) is 0 Å². The van der Waals surface area contributed by atoms with Crippen LogP contribution in [-0.2, 0) is 12.6 Å². The van der Waals surface area contributed by atoms with Gasteiger partial charge in [-0.25, -0.2) is 4.98 Å². The number of fused-ring (bicyclic) bond motifs is 2. The van der Waals surface area contributed by atoms with Gasteiger partial charge in [0.15, 0.2) is 0 Å². The third kappa shape index (κ3) is 2.45. The van der Waals surface area contributed by atoms with Crippen LogP contribution in [0.1, 0.15) is 47.3 Å². The van der Waals surface area contributed by atoms with E-state index in [2.05, 4.69) is 10.1 Å². The van der Waals surface area contributed by atoms with E-state index in [0.29, 0.717) is 18.4 Å². The first-order valence-electron chi connectivity index (χ1n) is 8.55. The quantitative estimate of drug-likeness (QED) is 0.845. The van der Waals surface area contributed by atoms with Crippen LogP contribution in [0.4, 0.5) is 4.39 Å². The Morgan fingerprint density at radius 2 is 2.04 bits per heavy atom. The highest BCUT2D eigenvalue weighted by Crippen LogP contribution is 2.46. The Hall–Kier alpha value is -2.28. The Balaban J connectivity index is 1.63. The highest BCUT2D eigenvalue weighted by Gasteiger charge is 2.51. The number of piperidine rings is 1. The Labute approximate surface area is 145 Å². The Morgan fingerprint density at radius 1 is 1.36 bits per heavy atom. The lowest BCUT2D eigenvalue weighted by Crippen LogP contribution is -2.52. The molecule has 0 saturated carbocycles. The molecule has 0 spiro atoms. The van der Waals surface area contributed by atoms with Crippen molar-refractivity contribution < 1.29 is 14.3 Å². The van der Waals surface area contributed by atoms with Crippen LogP contribution < -0.4 is 0 Å². The fraction of sp³-hybridized carbons (Fsp3) is 0.500. The van der Waals surface area contributed by atoms with E-state index in [9.17, 15) is 14.3 Å². The van der Waals surface area contributed by atoms with Crippen molar-refractivity contribution in [2.24, 2.45) is 7.05 Å². The van der Waals surface area contributed by atoms with Crippen LogP contribution in [-0.4, -0.2) is 42.8 Å². The van der Waals surface area contributed by atoms with Crippen molar-refractivity contribution in [3.63, 3.8) is 0 Å². The van der Waals surface area contributed by atoms with E-state index in [1.807, 2.05) is 11.8 Å². The molecule has 2 unspecified atom stereocenters. The van der Waals surface area contributed by atoms with Gasteiger partial charge >= 0.3 is 0 Å². The zero-order valence-electron chi connectivity index (χ0n) is 14.3. The van der Waals surface area contributed by atoms with Crippen molar-refractivity contribution in [3.8, 4) is 0 Å². The molecule has 1 amide bonds. The maximum Gasteiger partial charge on any atom is 0.257 e. The molecule has 2 atom stereocenters.